The fourth-order valence-electron chi connectivity index (χ4n) is 2.09. The van der Waals surface area contributed by atoms with Crippen molar-refractivity contribution in [2.24, 2.45) is 0 Å². The summed E-state index contributed by atoms with van der Waals surface area (Å²) in [7, 11) is 0. The lowest BCUT2D eigenvalue weighted by molar-refractivity contribution is 0.0696. The lowest BCUT2D eigenvalue weighted by atomic mass is 10.1. The van der Waals surface area contributed by atoms with Crippen LogP contribution in [0.25, 0.3) is 0 Å². The smallest absolute Gasteiger partial charge is 0.335 e. The molecule has 0 aliphatic carbocycles. The van der Waals surface area contributed by atoms with Gasteiger partial charge in [0.1, 0.15) is 18.2 Å². The maximum Gasteiger partial charge on any atom is 0.335 e. The van der Waals surface area contributed by atoms with E-state index in [1.807, 2.05) is 0 Å². The quantitative estimate of drug-likeness (QED) is 0.912. The van der Waals surface area contributed by atoms with Crippen LogP contribution >= 0.6 is 11.6 Å². The van der Waals surface area contributed by atoms with E-state index in [9.17, 15) is 9.18 Å². The molecule has 0 fully saturated rings. The van der Waals surface area contributed by atoms with Crippen LogP contribution in [-0.4, -0.2) is 11.1 Å². The lowest BCUT2D eigenvalue weighted by Gasteiger charge is -2.13. The first kappa shape index (κ1) is 15.3. The number of carboxylic acids is 1. The summed E-state index contributed by atoms with van der Waals surface area (Å²) in [6.07, 6.45) is 0. The van der Waals surface area contributed by atoms with Crippen molar-refractivity contribution >= 4 is 17.6 Å². The van der Waals surface area contributed by atoms with Crippen LogP contribution in [0, 0.1) is 19.7 Å². The minimum atomic E-state index is -0.979. The van der Waals surface area contributed by atoms with Gasteiger partial charge in [0, 0.05) is 0 Å². The van der Waals surface area contributed by atoms with Crippen molar-refractivity contribution in [3.63, 3.8) is 0 Å². The summed E-state index contributed by atoms with van der Waals surface area (Å²) >= 11 is 5.62. The Morgan fingerprint density at radius 2 is 1.86 bits per heavy atom. The van der Waals surface area contributed by atoms with E-state index in [1.54, 1.807) is 32.0 Å². The molecule has 2 rings (SSSR count). The number of hydrogen-bond donors (Lipinski definition) is 1. The fourth-order valence-corrected chi connectivity index (χ4v) is 2.20. The van der Waals surface area contributed by atoms with Crippen molar-refractivity contribution in [1.82, 2.24) is 0 Å². The average molecular weight is 309 g/mol. The van der Waals surface area contributed by atoms with Crippen LogP contribution in [0.5, 0.6) is 5.75 Å². The molecule has 0 amide bonds. The number of carbonyl (C=O) groups is 1. The van der Waals surface area contributed by atoms with Crippen LogP contribution < -0.4 is 4.74 Å². The third-order valence-corrected chi connectivity index (χ3v) is 3.38. The van der Waals surface area contributed by atoms with E-state index in [2.05, 4.69) is 0 Å². The molecule has 0 aliphatic rings. The monoisotopic (exact) mass is 308 g/mol. The van der Waals surface area contributed by atoms with E-state index in [0.717, 1.165) is 11.1 Å². The standard InChI is InChI=1S/C16H14ClFO3/c1-9-5-12(16(19)20)6-10(2)15(9)21-8-11-3-4-13(17)14(18)7-11/h3-7H,8H2,1-2H3,(H,19,20). The van der Waals surface area contributed by atoms with E-state index in [1.165, 1.54) is 12.1 Å². The van der Waals surface area contributed by atoms with Crippen LogP contribution in [0.15, 0.2) is 30.3 Å². The number of aromatic carboxylic acids is 1. The van der Waals surface area contributed by atoms with Crippen molar-refractivity contribution in [3.8, 4) is 5.75 Å². The summed E-state index contributed by atoms with van der Waals surface area (Å²) in [5, 5.41) is 9.06. The van der Waals surface area contributed by atoms with Crippen molar-refractivity contribution < 1.29 is 19.0 Å². The first-order valence-electron chi connectivity index (χ1n) is 6.29. The van der Waals surface area contributed by atoms with Crippen molar-refractivity contribution in [2.75, 3.05) is 0 Å². The molecular formula is C16H14ClFO3. The van der Waals surface area contributed by atoms with Gasteiger partial charge in [-0.2, -0.15) is 0 Å². The summed E-state index contributed by atoms with van der Waals surface area (Å²) in [6, 6.07) is 7.57. The molecule has 0 aromatic heterocycles. The van der Waals surface area contributed by atoms with E-state index in [0.29, 0.717) is 11.3 Å². The molecular weight excluding hydrogens is 295 g/mol. The molecule has 0 aliphatic heterocycles. The number of ether oxygens (including phenoxy) is 1. The Morgan fingerprint density at radius 1 is 1.24 bits per heavy atom. The molecule has 21 heavy (non-hydrogen) atoms. The number of halogens is 2. The van der Waals surface area contributed by atoms with Gasteiger partial charge in [0.2, 0.25) is 0 Å². The number of aryl methyl sites for hydroxylation is 2. The molecule has 0 saturated carbocycles. The Labute approximate surface area is 126 Å². The topological polar surface area (TPSA) is 46.5 Å². The van der Waals surface area contributed by atoms with Gasteiger partial charge in [0.05, 0.1) is 10.6 Å². The third-order valence-electron chi connectivity index (χ3n) is 3.07. The molecule has 0 radical (unpaired) electrons. The van der Waals surface area contributed by atoms with Crippen LogP contribution in [0.4, 0.5) is 4.39 Å². The van der Waals surface area contributed by atoms with Crippen LogP contribution in [0.3, 0.4) is 0 Å². The molecule has 0 saturated heterocycles. The van der Waals surface area contributed by atoms with Crippen molar-refractivity contribution in [2.45, 2.75) is 20.5 Å². The number of benzene rings is 2. The van der Waals surface area contributed by atoms with Gasteiger partial charge in [-0.3, -0.25) is 0 Å². The largest absolute Gasteiger partial charge is 0.488 e. The summed E-state index contributed by atoms with van der Waals surface area (Å²) < 4.78 is 19.0. The Kier molecular flexibility index (Phi) is 4.48. The van der Waals surface area contributed by atoms with Gasteiger partial charge in [0.25, 0.3) is 0 Å². The predicted molar refractivity (Wildman–Crippen MR) is 78.6 cm³/mol. The Balaban J connectivity index is 2.20. The zero-order valence-corrected chi connectivity index (χ0v) is 12.4. The zero-order chi connectivity index (χ0) is 15.6. The second kappa shape index (κ2) is 6.14. The van der Waals surface area contributed by atoms with Gasteiger partial charge < -0.3 is 9.84 Å². The Hall–Kier alpha value is -2.07. The van der Waals surface area contributed by atoms with Gasteiger partial charge >= 0.3 is 5.97 Å². The Bertz CT molecular complexity index is 675. The van der Waals surface area contributed by atoms with E-state index in [4.69, 9.17) is 21.4 Å². The first-order chi connectivity index (χ1) is 9.88. The number of hydrogen-bond acceptors (Lipinski definition) is 2. The maximum absolute atomic E-state index is 13.4. The second-order valence-electron chi connectivity index (χ2n) is 4.78. The minimum absolute atomic E-state index is 0.0666. The van der Waals surface area contributed by atoms with Gasteiger partial charge in [0.15, 0.2) is 0 Å². The first-order valence-corrected chi connectivity index (χ1v) is 6.67. The summed E-state index contributed by atoms with van der Waals surface area (Å²) in [5.41, 5.74) is 2.32. The molecule has 0 spiro atoms. The highest BCUT2D eigenvalue weighted by molar-refractivity contribution is 6.30. The fraction of sp³-hybridized carbons (Fsp3) is 0.188. The number of carboxylic acid groups (broad SMARTS) is 1. The van der Waals surface area contributed by atoms with E-state index < -0.39 is 11.8 Å². The van der Waals surface area contributed by atoms with Gasteiger partial charge in [-0.1, -0.05) is 17.7 Å². The molecule has 2 aromatic rings. The highest BCUT2D eigenvalue weighted by Gasteiger charge is 2.11. The lowest BCUT2D eigenvalue weighted by Crippen LogP contribution is -2.03. The van der Waals surface area contributed by atoms with Crippen LogP contribution in [-0.2, 0) is 6.61 Å². The predicted octanol–water partition coefficient (Wildman–Crippen LogP) is 4.37. The normalized spacial score (nSPS) is 10.5. The minimum Gasteiger partial charge on any atom is -0.488 e. The highest BCUT2D eigenvalue weighted by Crippen LogP contribution is 2.26. The molecule has 3 nitrogen and oxygen atoms in total. The zero-order valence-electron chi connectivity index (χ0n) is 11.6. The van der Waals surface area contributed by atoms with Crippen LogP contribution in [0.1, 0.15) is 27.0 Å². The average Bonchev–Trinajstić information content (AvgIpc) is 2.41. The third kappa shape index (κ3) is 3.52. The van der Waals surface area contributed by atoms with Gasteiger partial charge in [-0.25, -0.2) is 9.18 Å². The van der Waals surface area contributed by atoms with E-state index in [-0.39, 0.29) is 17.2 Å². The summed E-state index contributed by atoms with van der Waals surface area (Å²) in [6.45, 7) is 3.73. The van der Waals surface area contributed by atoms with Gasteiger partial charge in [-0.15, -0.1) is 0 Å². The van der Waals surface area contributed by atoms with Crippen molar-refractivity contribution in [3.05, 3.63) is 63.4 Å². The molecule has 0 bridgehead atoms. The molecule has 0 unspecified atom stereocenters. The van der Waals surface area contributed by atoms with Gasteiger partial charge in [-0.05, 0) is 54.8 Å². The molecule has 1 N–H and O–H groups in total. The Morgan fingerprint density at radius 3 is 2.38 bits per heavy atom. The molecule has 0 heterocycles. The second-order valence-corrected chi connectivity index (χ2v) is 5.19. The SMILES string of the molecule is Cc1cc(C(=O)O)cc(C)c1OCc1ccc(Cl)c(F)c1. The molecule has 110 valence electrons. The number of rotatable bonds is 4. The van der Waals surface area contributed by atoms with E-state index >= 15 is 0 Å². The molecule has 5 heteroatoms. The highest BCUT2D eigenvalue weighted by atomic mass is 35.5. The molecule has 0 atom stereocenters. The summed E-state index contributed by atoms with van der Waals surface area (Å²) in [4.78, 5) is 11.0. The summed E-state index contributed by atoms with van der Waals surface area (Å²) in [5.74, 6) is -0.865. The molecule has 2 aromatic carbocycles. The van der Waals surface area contributed by atoms with Crippen molar-refractivity contribution in [1.29, 1.82) is 0 Å². The maximum atomic E-state index is 13.4. The van der Waals surface area contributed by atoms with Crippen LogP contribution in [0.2, 0.25) is 5.02 Å².